The van der Waals surface area contributed by atoms with Gasteiger partial charge in [0.1, 0.15) is 0 Å². The van der Waals surface area contributed by atoms with Gasteiger partial charge in [-0.2, -0.15) is 0 Å². The van der Waals surface area contributed by atoms with Crippen molar-refractivity contribution in [2.24, 2.45) is 0 Å². The highest BCUT2D eigenvalue weighted by molar-refractivity contribution is 6.74. The van der Waals surface area contributed by atoms with Crippen LogP contribution in [0, 0.1) is 0 Å². The first-order valence-electron chi connectivity index (χ1n) is 5.16. The third-order valence-corrected chi connectivity index (χ3v) is 7.37. The predicted molar refractivity (Wildman–Crippen MR) is 64.0 cm³/mol. The summed E-state index contributed by atoms with van der Waals surface area (Å²) in [5.74, 6) is 0. The molecule has 0 heterocycles. The molecule has 3 heteroatoms. The van der Waals surface area contributed by atoms with Crippen LogP contribution in [0.1, 0.15) is 27.7 Å². The van der Waals surface area contributed by atoms with Crippen molar-refractivity contribution in [2.75, 3.05) is 6.61 Å². The molecule has 1 N–H and O–H groups in total. The van der Waals surface area contributed by atoms with Crippen LogP contribution in [0.5, 0.6) is 0 Å². The molecule has 0 bridgehead atoms. The molecule has 0 saturated carbocycles. The number of aliphatic hydroxyl groups is 1. The highest BCUT2D eigenvalue weighted by Crippen LogP contribution is 2.37. The third-order valence-electron chi connectivity index (χ3n) is 2.80. The van der Waals surface area contributed by atoms with E-state index >= 15 is 0 Å². The Labute approximate surface area is 89.1 Å². The summed E-state index contributed by atoms with van der Waals surface area (Å²) in [4.78, 5) is 0. The molecule has 0 aliphatic carbocycles. The molecule has 0 aromatic rings. The molecule has 0 amide bonds. The van der Waals surface area contributed by atoms with Crippen LogP contribution in [0.25, 0.3) is 0 Å². The summed E-state index contributed by atoms with van der Waals surface area (Å²) in [5, 5.41) is 8.89. The Morgan fingerprint density at radius 2 is 1.86 bits per heavy atom. The van der Waals surface area contributed by atoms with Gasteiger partial charge in [0.15, 0.2) is 8.32 Å². The normalized spacial score (nSPS) is 16.2. The van der Waals surface area contributed by atoms with Crippen molar-refractivity contribution < 1.29 is 9.53 Å². The zero-order chi connectivity index (χ0) is 11.4. The number of hydrogen-bond acceptors (Lipinski definition) is 2. The largest absolute Gasteiger partial charge is 0.411 e. The highest BCUT2D eigenvalue weighted by Gasteiger charge is 2.37. The van der Waals surface area contributed by atoms with E-state index < -0.39 is 8.32 Å². The lowest BCUT2D eigenvalue weighted by atomic mass is 10.2. The van der Waals surface area contributed by atoms with Gasteiger partial charge in [-0.1, -0.05) is 32.9 Å². The Kier molecular flexibility index (Phi) is 5.05. The summed E-state index contributed by atoms with van der Waals surface area (Å²) in [5.41, 5.74) is 0. The Balaban J connectivity index is 4.29. The van der Waals surface area contributed by atoms with E-state index in [4.69, 9.17) is 9.53 Å². The lowest BCUT2D eigenvalue weighted by molar-refractivity contribution is 0.241. The number of aliphatic hydroxyl groups excluding tert-OH is 1. The summed E-state index contributed by atoms with van der Waals surface area (Å²) < 4.78 is 6.05. The maximum atomic E-state index is 8.64. The standard InChI is InChI=1S/C11H24O2Si/c1-10(8-7-9-12)13-14(5,6)11(2,3)4/h7-8,10,12H,9H2,1-6H3/b8-7-/t10-/m0/s1. The van der Waals surface area contributed by atoms with Crippen LogP contribution >= 0.6 is 0 Å². The summed E-state index contributed by atoms with van der Waals surface area (Å²) in [7, 11) is -1.65. The van der Waals surface area contributed by atoms with Gasteiger partial charge in [0, 0.05) is 0 Å². The molecule has 1 atom stereocenters. The van der Waals surface area contributed by atoms with Gasteiger partial charge in [-0.05, 0) is 25.1 Å². The van der Waals surface area contributed by atoms with E-state index in [0.717, 1.165) is 0 Å². The van der Waals surface area contributed by atoms with Gasteiger partial charge >= 0.3 is 0 Å². The van der Waals surface area contributed by atoms with E-state index in [1.54, 1.807) is 6.08 Å². The molecule has 0 unspecified atom stereocenters. The van der Waals surface area contributed by atoms with Crippen molar-refractivity contribution in [1.82, 2.24) is 0 Å². The lowest BCUT2D eigenvalue weighted by Gasteiger charge is -2.37. The van der Waals surface area contributed by atoms with Crippen molar-refractivity contribution in [1.29, 1.82) is 0 Å². The molecule has 0 aromatic heterocycles. The number of hydrogen-bond donors (Lipinski definition) is 1. The first-order valence-corrected chi connectivity index (χ1v) is 8.07. The Bertz CT molecular complexity index is 192. The smallest absolute Gasteiger partial charge is 0.192 e. The van der Waals surface area contributed by atoms with Crippen molar-refractivity contribution in [3.8, 4) is 0 Å². The second-order valence-electron chi connectivity index (χ2n) is 5.19. The average molecular weight is 216 g/mol. The fourth-order valence-electron chi connectivity index (χ4n) is 0.933. The summed E-state index contributed by atoms with van der Waals surface area (Å²) >= 11 is 0. The average Bonchev–Trinajstić information content (AvgIpc) is 1.97. The summed E-state index contributed by atoms with van der Waals surface area (Å²) in [6.07, 6.45) is 3.75. The fraction of sp³-hybridized carbons (Fsp3) is 0.818. The zero-order valence-electron chi connectivity index (χ0n) is 10.3. The molecule has 0 aliphatic rings. The van der Waals surface area contributed by atoms with E-state index in [0.29, 0.717) is 0 Å². The Hall–Kier alpha value is -0.123. The van der Waals surface area contributed by atoms with Crippen LogP contribution < -0.4 is 0 Å². The molecule has 0 saturated heterocycles. The zero-order valence-corrected chi connectivity index (χ0v) is 11.3. The van der Waals surface area contributed by atoms with Gasteiger partial charge in [-0.25, -0.2) is 0 Å². The van der Waals surface area contributed by atoms with Crippen LogP contribution in [0.2, 0.25) is 18.1 Å². The second-order valence-corrected chi connectivity index (χ2v) is 9.95. The number of rotatable bonds is 4. The molecule has 2 nitrogen and oxygen atoms in total. The van der Waals surface area contributed by atoms with Gasteiger partial charge in [0.25, 0.3) is 0 Å². The second kappa shape index (κ2) is 5.10. The highest BCUT2D eigenvalue weighted by atomic mass is 28.4. The Morgan fingerprint density at radius 1 is 1.36 bits per heavy atom. The van der Waals surface area contributed by atoms with Gasteiger partial charge in [-0.3, -0.25) is 0 Å². The van der Waals surface area contributed by atoms with Gasteiger partial charge in [0.05, 0.1) is 12.7 Å². The van der Waals surface area contributed by atoms with Gasteiger partial charge in [-0.15, -0.1) is 0 Å². The molecule has 0 spiro atoms. The molecule has 0 fully saturated rings. The summed E-state index contributed by atoms with van der Waals surface area (Å²) in [6.45, 7) is 13.2. The molecule has 0 radical (unpaired) electrons. The topological polar surface area (TPSA) is 29.5 Å². The monoisotopic (exact) mass is 216 g/mol. The quantitative estimate of drug-likeness (QED) is 0.578. The maximum Gasteiger partial charge on any atom is 0.192 e. The fourth-order valence-corrected chi connectivity index (χ4v) is 2.29. The SMILES string of the molecule is C[C@@H](/C=C\CO)O[Si](C)(C)C(C)(C)C. The van der Waals surface area contributed by atoms with E-state index in [9.17, 15) is 0 Å². The third kappa shape index (κ3) is 4.40. The minimum atomic E-state index is -1.65. The lowest BCUT2D eigenvalue weighted by Crippen LogP contribution is -2.42. The van der Waals surface area contributed by atoms with Crippen molar-refractivity contribution in [2.45, 2.75) is 51.9 Å². The first kappa shape index (κ1) is 13.9. The predicted octanol–water partition coefficient (Wildman–Crippen LogP) is 2.95. The van der Waals surface area contributed by atoms with Crippen molar-refractivity contribution >= 4 is 8.32 Å². The first-order chi connectivity index (χ1) is 6.20. The van der Waals surface area contributed by atoms with Crippen LogP contribution in [-0.2, 0) is 4.43 Å². The van der Waals surface area contributed by atoms with E-state index in [2.05, 4.69) is 33.9 Å². The summed E-state index contributed by atoms with van der Waals surface area (Å²) in [6, 6.07) is 0. The van der Waals surface area contributed by atoms with E-state index in [1.807, 2.05) is 13.0 Å². The molecule has 0 aliphatic heterocycles. The molecule has 84 valence electrons. The maximum absolute atomic E-state index is 8.64. The molecule has 0 rings (SSSR count). The van der Waals surface area contributed by atoms with Crippen molar-refractivity contribution in [3.05, 3.63) is 12.2 Å². The molecule has 0 aromatic carbocycles. The van der Waals surface area contributed by atoms with Crippen LogP contribution in [0.3, 0.4) is 0 Å². The van der Waals surface area contributed by atoms with Gasteiger partial charge in [0.2, 0.25) is 0 Å². The molecule has 14 heavy (non-hydrogen) atoms. The van der Waals surface area contributed by atoms with E-state index in [1.165, 1.54) is 0 Å². The molecular formula is C11H24O2Si. The Morgan fingerprint density at radius 3 is 2.21 bits per heavy atom. The van der Waals surface area contributed by atoms with Crippen LogP contribution in [-0.4, -0.2) is 26.1 Å². The minimum absolute atomic E-state index is 0.0885. The van der Waals surface area contributed by atoms with Crippen LogP contribution in [0.4, 0.5) is 0 Å². The van der Waals surface area contributed by atoms with E-state index in [-0.39, 0.29) is 17.7 Å². The molecular weight excluding hydrogens is 192 g/mol. The minimum Gasteiger partial charge on any atom is -0.411 e. The van der Waals surface area contributed by atoms with Crippen LogP contribution in [0.15, 0.2) is 12.2 Å². The van der Waals surface area contributed by atoms with Crippen molar-refractivity contribution in [3.63, 3.8) is 0 Å². The van der Waals surface area contributed by atoms with Gasteiger partial charge < -0.3 is 9.53 Å².